The summed E-state index contributed by atoms with van der Waals surface area (Å²) in [6.07, 6.45) is 6.42. The molecule has 1 aromatic rings. The van der Waals surface area contributed by atoms with Crippen molar-refractivity contribution in [2.75, 3.05) is 0 Å². The van der Waals surface area contributed by atoms with Crippen LogP contribution in [0, 0.1) is 12.3 Å². The zero-order chi connectivity index (χ0) is 11.8. The largest absolute Gasteiger partial charge is 0.324 e. The number of nitrogens with one attached hydrogen (secondary N) is 1. The standard InChI is InChI=1S/C14H18N2/c1-4-14(2,3)16-13-9-12(15)10-7-5-6-8-11(10)13/h1,5-8,12-13,16H,9,15H2,2-3H3. The number of terminal acetylenes is 1. The fourth-order valence-corrected chi connectivity index (χ4v) is 2.29. The van der Waals surface area contributed by atoms with Gasteiger partial charge in [-0.05, 0) is 31.4 Å². The summed E-state index contributed by atoms with van der Waals surface area (Å²) in [6, 6.07) is 8.72. The van der Waals surface area contributed by atoms with E-state index in [-0.39, 0.29) is 17.6 Å². The van der Waals surface area contributed by atoms with Crippen LogP contribution in [-0.2, 0) is 0 Å². The molecule has 0 aliphatic heterocycles. The first-order valence-electron chi connectivity index (χ1n) is 5.63. The molecule has 0 aromatic heterocycles. The Morgan fingerprint density at radius 1 is 1.38 bits per heavy atom. The Bertz CT molecular complexity index is 429. The van der Waals surface area contributed by atoms with Crippen molar-refractivity contribution in [3.63, 3.8) is 0 Å². The number of benzene rings is 1. The molecule has 1 aliphatic carbocycles. The van der Waals surface area contributed by atoms with E-state index in [1.54, 1.807) is 0 Å². The smallest absolute Gasteiger partial charge is 0.0746 e. The molecule has 0 fully saturated rings. The fraction of sp³-hybridized carbons (Fsp3) is 0.429. The second-order valence-electron chi connectivity index (χ2n) is 4.94. The van der Waals surface area contributed by atoms with Crippen LogP contribution in [0.15, 0.2) is 24.3 Å². The van der Waals surface area contributed by atoms with E-state index in [1.165, 1.54) is 11.1 Å². The Morgan fingerprint density at radius 2 is 2.00 bits per heavy atom. The molecule has 0 spiro atoms. The summed E-state index contributed by atoms with van der Waals surface area (Å²) < 4.78 is 0. The van der Waals surface area contributed by atoms with Gasteiger partial charge in [0.1, 0.15) is 0 Å². The molecule has 0 saturated heterocycles. The summed E-state index contributed by atoms with van der Waals surface area (Å²) in [5.41, 5.74) is 8.35. The normalized spacial score (nSPS) is 23.9. The summed E-state index contributed by atoms with van der Waals surface area (Å²) in [7, 11) is 0. The third kappa shape index (κ3) is 1.97. The van der Waals surface area contributed by atoms with Gasteiger partial charge in [-0.25, -0.2) is 0 Å². The summed E-state index contributed by atoms with van der Waals surface area (Å²) in [6.45, 7) is 4.03. The Morgan fingerprint density at radius 3 is 2.62 bits per heavy atom. The molecule has 3 N–H and O–H groups in total. The Kier molecular flexibility index (Phi) is 2.75. The number of hydrogen-bond acceptors (Lipinski definition) is 2. The van der Waals surface area contributed by atoms with E-state index in [0.717, 1.165) is 6.42 Å². The van der Waals surface area contributed by atoms with Crippen LogP contribution in [0.25, 0.3) is 0 Å². The molecule has 2 heteroatoms. The maximum absolute atomic E-state index is 6.11. The predicted molar refractivity (Wildman–Crippen MR) is 66.8 cm³/mol. The minimum atomic E-state index is -0.290. The van der Waals surface area contributed by atoms with Crippen molar-refractivity contribution in [3.05, 3.63) is 35.4 Å². The summed E-state index contributed by atoms with van der Waals surface area (Å²) in [5.74, 6) is 2.76. The van der Waals surface area contributed by atoms with Crippen LogP contribution in [0.5, 0.6) is 0 Å². The molecule has 2 rings (SSSR count). The second kappa shape index (κ2) is 3.93. The van der Waals surface area contributed by atoms with E-state index in [9.17, 15) is 0 Å². The highest BCUT2D eigenvalue weighted by Crippen LogP contribution is 2.37. The first-order valence-corrected chi connectivity index (χ1v) is 5.63. The molecule has 0 heterocycles. The number of hydrogen-bond donors (Lipinski definition) is 2. The minimum Gasteiger partial charge on any atom is -0.324 e. The van der Waals surface area contributed by atoms with E-state index in [0.29, 0.717) is 0 Å². The molecule has 16 heavy (non-hydrogen) atoms. The van der Waals surface area contributed by atoms with Gasteiger partial charge in [0.15, 0.2) is 0 Å². The molecular formula is C14H18N2. The lowest BCUT2D eigenvalue weighted by molar-refractivity contribution is 0.398. The average molecular weight is 214 g/mol. The maximum atomic E-state index is 6.11. The van der Waals surface area contributed by atoms with E-state index in [2.05, 4.69) is 29.4 Å². The van der Waals surface area contributed by atoms with Crippen molar-refractivity contribution in [2.24, 2.45) is 5.73 Å². The van der Waals surface area contributed by atoms with E-state index in [1.807, 2.05) is 19.9 Å². The monoisotopic (exact) mass is 214 g/mol. The van der Waals surface area contributed by atoms with Gasteiger partial charge in [-0.1, -0.05) is 30.2 Å². The third-order valence-electron chi connectivity index (χ3n) is 3.16. The van der Waals surface area contributed by atoms with Crippen LogP contribution in [0.4, 0.5) is 0 Å². The third-order valence-corrected chi connectivity index (χ3v) is 3.16. The van der Waals surface area contributed by atoms with Crippen molar-refractivity contribution in [1.29, 1.82) is 0 Å². The molecule has 0 radical (unpaired) electrons. The van der Waals surface area contributed by atoms with Crippen molar-refractivity contribution in [3.8, 4) is 12.3 Å². The van der Waals surface area contributed by atoms with Crippen LogP contribution >= 0.6 is 0 Å². The highest BCUT2D eigenvalue weighted by Gasteiger charge is 2.31. The Hall–Kier alpha value is -1.30. The summed E-state index contributed by atoms with van der Waals surface area (Å²) in [4.78, 5) is 0. The molecule has 2 atom stereocenters. The molecule has 2 nitrogen and oxygen atoms in total. The lowest BCUT2D eigenvalue weighted by Crippen LogP contribution is -2.39. The molecule has 84 valence electrons. The molecule has 0 bridgehead atoms. The predicted octanol–water partition coefficient (Wildman–Crippen LogP) is 2.13. The first kappa shape index (κ1) is 11.2. The molecule has 0 saturated carbocycles. The maximum Gasteiger partial charge on any atom is 0.0746 e. The number of rotatable bonds is 2. The molecular weight excluding hydrogens is 196 g/mol. The molecule has 0 amide bonds. The van der Waals surface area contributed by atoms with Crippen molar-refractivity contribution < 1.29 is 0 Å². The lowest BCUT2D eigenvalue weighted by Gasteiger charge is -2.25. The van der Waals surface area contributed by atoms with Gasteiger partial charge in [0.2, 0.25) is 0 Å². The van der Waals surface area contributed by atoms with Crippen LogP contribution in [0.2, 0.25) is 0 Å². The van der Waals surface area contributed by atoms with Gasteiger partial charge in [0.25, 0.3) is 0 Å². The second-order valence-corrected chi connectivity index (χ2v) is 4.94. The van der Waals surface area contributed by atoms with Crippen molar-refractivity contribution in [2.45, 2.75) is 37.9 Å². The summed E-state index contributed by atoms with van der Waals surface area (Å²) in [5, 5.41) is 3.48. The quantitative estimate of drug-likeness (QED) is 0.740. The lowest BCUT2D eigenvalue weighted by atomic mass is 10.0. The van der Waals surface area contributed by atoms with Crippen LogP contribution in [0.1, 0.15) is 43.5 Å². The SMILES string of the molecule is C#CC(C)(C)NC1CC(N)c2ccccc21. The Balaban J connectivity index is 2.25. The zero-order valence-electron chi connectivity index (χ0n) is 9.83. The average Bonchev–Trinajstić information content (AvgIpc) is 2.56. The van der Waals surface area contributed by atoms with Crippen molar-refractivity contribution >= 4 is 0 Å². The molecule has 2 unspecified atom stereocenters. The van der Waals surface area contributed by atoms with Gasteiger partial charge in [0, 0.05) is 12.1 Å². The fourth-order valence-electron chi connectivity index (χ4n) is 2.29. The van der Waals surface area contributed by atoms with Crippen LogP contribution in [-0.4, -0.2) is 5.54 Å². The topological polar surface area (TPSA) is 38.0 Å². The van der Waals surface area contributed by atoms with Gasteiger partial charge in [0.05, 0.1) is 5.54 Å². The van der Waals surface area contributed by atoms with Gasteiger partial charge in [-0.3, -0.25) is 5.32 Å². The summed E-state index contributed by atoms with van der Waals surface area (Å²) >= 11 is 0. The number of nitrogens with two attached hydrogens (primary N) is 1. The van der Waals surface area contributed by atoms with E-state index in [4.69, 9.17) is 12.2 Å². The zero-order valence-corrected chi connectivity index (χ0v) is 9.83. The van der Waals surface area contributed by atoms with Gasteiger partial charge in [-0.15, -0.1) is 6.42 Å². The van der Waals surface area contributed by atoms with E-state index < -0.39 is 0 Å². The van der Waals surface area contributed by atoms with Gasteiger partial charge >= 0.3 is 0 Å². The van der Waals surface area contributed by atoms with Gasteiger partial charge in [-0.2, -0.15) is 0 Å². The molecule has 1 aromatic carbocycles. The molecule has 1 aliphatic rings. The van der Waals surface area contributed by atoms with Crippen LogP contribution < -0.4 is 11.1 Å². The van der Waals surface area contributed by atoms with Crippen LogP contribution in [0.3, 0.4) is 0 Å². The minimum absolute atomic E-state index is 0.127. The number of fused-ring (bicyclic) bond motifs is 1. The Labute approximate surface area is 97.2 Å². The van der Waals surface area contributed by atoms with Gasteiger partial charge < -0.3 is 5.73 Å². The highest BCUT2D eigenvalue weighted by molar-refractivity contribution is 5.37. The van der Waals surface area contributed by atoms with Crippen molar-refractivity contribution in [1.82, 2.24) is 5.32 Å². The highest BCUT2D eigenvalue weighted by atomic mass is 15.0. The first-order chi connectivity index (χ1) is 7.53. The van der Waals surface area contributed by atoms with E-state index >= 15 is 0 Å².